The largest absolute Gasteiger partial charge is 0.321 e. The lowest BCUT2D eigenvalue weighted by Crippen LogP contribution is -2.14. The predicted octanol–water partition coefficient (Wildman–Crippen LogP) is 3.17. The lowest BCUT2D eigenvalue weighted by molar-refractivity contribution is 0.102. The molecular weight excluding hydrogens is 392 g/mol. The van der Waals surface area contributed by atoms with Gasteiger partial charge in [-0.25, -0.2) is 19.6 Å². The number of hydrogen-bond acceptors (Lipinski definition) is 6. The van der Waals surface area contributed by atoms with Crippen LogP contribution in [0.15, 0.2) is 67.4 Å². The van der Waals surface area contributed by atoms with E-state index < -0.39 is 0 Å². The molecule has 5 rings (SSSR count). The molecule has 152 valence electrons. The van der Waals surface area contributed by atoms with E-state index in [0.717, 1.165) is 16.6 Å². The van der Waals surface area contributed by atoms with Crippen molar-refractivity contribution in [3.05, 3.63) is 78.6 Å². The minimum atomic E-state index is -0.254. The van der Waals surface area contributed by atoms with Gasteiger partial charge in [-0.15, -0.1) is 0 Å². The SMILES string of the molecule is Cc1nn(C)c2nc(-c3ccccc3)cc(C(=O)Nc3ccc(-n4cncn4)nc3)c12. The minimum Gasteiger partial charge on any atom is -0.321 e. The first-order valence-electron chi connectivity index (χ1n) is 9.62. The Kier molecular flexibility index (Phi) is 4.47. The average molecular weight is 410 g/mol. The molecule has 0 saturated carbocycles. The van der Waals surface area contributed by atoms with Crippen molar-refractivity contribution in [3.63, 3.8) is 0 Å². The Bertz CT molecular complexity index is 1370. The van der Waals surface area contributed by atoms with Crippen LogP contribution in [0, 0.1) is 6.92 Å². The molecular formula is C22H18N8O. The molecule has 0 aliphatic rings. The van der Waals surface area contributed by atoms with Crippen molar-refractivity contribution in [2.45, 2.75) is 6.92 Å². The van der Waals surface area contributed by atoms with Crippen molar-refractivity contribution in [3.8, 4) is 17.1 Å². The maximum Gasteiger partial charge on any atom is 0.256 e. The van der Waals surface area contributed by atoms with Crippen LogP contribution in [0.1, 0.15) is 16.1 Å². The minimum absolute atomic E-state index is 0.254. The molecule has 0 aliphatic heterocycles. The van der Waals surface area contributed by atoms with Crippen LogP contribution in [0.25, 0.3) is 28.1 Å². The van der Waals surface area contributed by atoms with Crippen LogP contribution in [-0.2, 0) is 7.05 Å². The molecule has 1 aromatic carbocycles. The van der Waals surface area contributed by atoms with Crippen LogP contribution >= 0.6 is 0 Å². The molecule has 1 N–H and O–H groups in total. The summed E-state index contributed by atoms with van der Waals surface area (Å²) in [5.74, 6) is 0.354. The van der Waals surface area contributed by atoms with Gasteiger partial charge in [0, 0.05) is 12.6 Å². The van der Waals surface area contributed by atoms with Gasteiger partial charge in [0.1, 0.15) is 12.7 Å². The van der Waals surface area contributed by atoms with Crippen molar-refractivity contribution in [1.82, 2.24) is 34.5 Å². The number of anilines is 1. The van der Waals surface area contributed by atoms with E-state index in [9.17, 15) is 4.79 Å². The first-order valence-corrected chi connectivity index (χ1v) is 9.62. The highest BCUT2D eigenvalue weighted by molar-refractivity contribution is 6.13. The molecule has 0 unspecified atom stereocenters. The fourth-order valence-electron chi connectivity index (χ4n) is 3.50. The number of rotatable bonds is 4. The summed E-state index contributed by atoms with van der Waals surface area (Å²) >= 11 is 0. The second-order valence-corrected chi connectivity index (χ2v) is 7.03. The molecule has 31 heavy (non-hydrogen) atoms. The van der Waals surface area contributed by atoms with Gasteiger partial charge in [0.2, 0.25) is 0 Å². The fraction of sp³-hybridized carbons (Fsp3) is 0.0909. The normalized spacial score (nSPS) is 11.0. The third-order valence-corrected chi connectivity index (χ3v) is 4.94. The molecule has 0 atom stereocenters. The number of fused-ring (bicyclic) bond motifs is 1. The quantitative estimate of drug-likeness (QED) is 0.488. The average Bonchev–Trinajstić information content (AvgIpc) is 3.43. The second-order valence-electron chi connectivity index (χ2n) is 7.03. The summed E-state index contributed by atoms with van der Waals surface area (Å²) in [5, 5.41) is 12.2. The monoisotopic (exact) mass is 410 g/mol. The second kappa shape index (κ2) is 7.45. The molecule has 0 radical (unpaired) electrons. The van der Waals surface area contributed by atoms with Gasteiger partial charge in [0.15, 0.2) is 11.5 Å². The highest BCUT2D eigenvalue weighted by Crippen LogP contribution is 2.27. The third kappa shape index (κ3) is 3.42. The molecule has 9 heteroatoms. The number of amides is 1. The van der Waals surface area contributed by atoms with Gasteiger partial charge in [0.05, 0.1) is 34.2 Å². The number of nitrogens with zero attached hydrogens (tertiary/aromatic N) is 7. The van der Waals surface area contributed by atoms with E-state index in [1.165, 1.54) is 6.33 Å². The number of benzene rings is 1. The van der Waals surface area contributed by atoms with Crippen LogP contribution in [0.5, 0.6) is 0 Å². The third-order valence-electron chi connectivity index (χ3n) is 4.94. The van der Waals surface area contributed by atoms with Crippen molar-refractivity contribution in [2.75, 3.05) is 5.32 Å². The molecule has 0 aliphatic carbocycles. The summed E-state index contributed by atoms with van der Waals surface area (Å²) in [6, 6.07) is 15.1. The molecule has 0 fully saturated rings. The van der Waals surface area contributed by atoms with Crippen LogP contribution < -0.4 is 5.32 Å². The van der Waals surface area contributed by atoms with Gasteiger partial charge in [-0.1, -0.05) is 30.3 Å². The standard InChI is InChI=1S/C22H18N8O/c1-14-20-17(10-18(15-6-4-3-5-7-15)27-21(20)29(2)28-14)22(31)26-16-8-9-19(24-11-16)30-13-23-12-25-30/h3-13H,1-2H3,(H,26,31). The van der Waals surface area contributed by atoms with E-state index in [1.807, 2.05) is 44.3 Å². The van der Waals surface area contributed by atoms with Crippen molar-refractivity contribution in [1.29, 1.82) is 0 Å². The molecule has 4 heterocycles. The van der Waals surface area contributed by atoms with E-state index in [2.05, 4.69) is 25.5 Å². The zero-order valence-corrected chi connectivity index (χ0v) is 16.9. The Hall–Kier alpha value is -4.40. The van der Waals surface area contributed by atoms with Gasteiger partial charge in [-0.05, 0) is 25.1 Å². The first kappa shape index (κ1) is 18.6. The molecule has 1 amide bonds. The van der Waals surface area contributed by atoms with E-state index in [0.29, 0.717) is 28.4 Å². The van der Waals surface area contributed by atoms with Crippen molar-refractivity contribution >= 4 is 22.6 Å². The zero-order valence-electron chi connectivity index (χ0n) is 16.9. The van der Waals surface area contributed by atoms with E-state index in [1.54, 1.807) is 40.1 Å². The van der Waals surface area contributed by atoms with E-state index >= 15 is 0 Å². The maximum absolute atomic E-state index is 13.3. The lowest BCUT2D eigenvalue weighted by Gasteiger charge is -2.10. The van der Waals surface area contributed by atoms with E-state index in [4.69, 9.17) is 4.98 Å². The van der Waals surface area contributed by atoms with Gasteiger partial charge in [0.25, 0.3) is 5.91 Å². The number of carbonyl (C=O) groups is 1. The Morgan fingerprint density at radius 3 is 2.65 bits per heavy atom. The molecule has 4 aromatic heterocycles. The number of aryl methyl sites for hydroxylation is 2. The van der Waals surface area contributed by atoms with Gasteiger partial charge >= 0.3 is 0 Å². The summed E-state index contributed by atoms with van der Waals surface area (Å²) in [4.78, 5) is 26.2. The Morgan fingerprint density at radius 1 is 1.10 bits per heavy atom. The van der Waals surface area contributed by atoms with Crippen molar-refractivity contribution < 1.29 is 4.79 Å². The number of hydrogen-bond donors (Lipinski definition) is 1. The summed E-state index contributed by atoms with van der Waals surface area (Å²) in [5.41, 5.74) is 4.12. The Morgan fingerprint density at radius 2 is 1.94 bits per heavy atom. The molecule has 9 nitrogen and oxygen atoms in total. The topological polar surface area (TPSA) is 103 Å². The van der Waals surface area contributed by atoms with Crippen LogP contribution in [-0.4, -0.2) is 40.4 Å². The zero-order chi connectivity index (χ0) is 21.4. The Labute approximate surface area is 177 Å². The van der Waals surface area contributed by atoms with Crippen molar-refractivity contribution in [2.24, 2.45) is 7.05 Å². The summed E-state index contributed by atoms with van der Waals surface area (Å²) < 4.78 is 3.24. The molecule has 5 aromatic rings. The van der Waals surface area contributed by atoms with Crippen LogP contribution in [0.2, 0.25) is 0 Å². The molecule has 0 saturated heterocycles. The fourth-order valence-corrected chi connectivity index (χ4v) is 3.50. The van der Waals surface area contributed by atoms with E-state index in [-0.39, 0.29) is 5.91 Å². The molecule has 0 spiro atoms. The summed E-state index contributed by atoms with van der Waals surface area (Å²) in [6.45, 7) is 1.87. The Balaban J connectivity index is 1.53. The predicted molar refractivity (Wildman–Crippen MR) is 116 cm³/mol. The maximum atomic E-state index is 13.3. The summed E-state index contributed by atoms with van der Waals surface area (Å²) in [6.07, 6.45) is 4.58. The first-order chi connectivity index (χ1) is 15.1. The van der Waals surface area contributed by atoms with Gasteiger partial charge in [-0.3, -0.25) is 9.48 Å². The number of pyridine rings is 2. The lowest BCUT2D eigenvalue weighted by atomic mass is 10.0. The highest BCUT2D eigenvalue weighted by atomic mass is 16.1. The highest BCUT2D eigenvalue weighted by Gasteiger charge is 2.19. The number of carbonyl (C=O) groups excluding carboxylic acids is 1. The van der Waals surface area contributed by atoms with Gasteiger partial charge < -0.3 is 5.32 Å². The number of nitrogens with one attached hydrogen (secondary N) is 1. The number of aromatic nitrogens is 7. The van der Waals surface area contributed by atoms with Crippen LogP contribution in [0.4, 0.5) is 5.69 Å². The van der Waals surface area contributed by atoms with Crippen LogP contribution in [0.3, 0.4) is 0 Å². The molecule has 0 bridgehead atoms. The van der Waals surface area contributed by atoms with Gasteiger partial charge in [-0.2, -0.15) is 10.2 Å². The summed E-state index contributed by atoms with van der Waals surface area (Å²) in [7, 11) is 1.82. The smallest absolute Gasteiger partial charge is 0.256 e.